The lowest BCUT2D eigenvalue weighted by molar-refractivity contribution is -0.179. The molecule has 0 aliphatic carbocycles. The summed E-state index contributed by atoms with van der Waals surface area (Å²) in [6, 6.07) is 0. The zero-order valence-electron chi connectivity index (χ0n) is 9.43. The van der Waals surface area contributed by atoms with E-state index in [1.165, 1.54) is 0 Å². The van der Waals surface area contributed by atoms with Gasteiger partial charge in [-0.25, -0.2) is 0 Å². The number of nitrogens with zero attached hydrogens (tertiary/aromatic N) is 1. The van der Waals surface area contributed by atoms with Gasteiger partial charge in [-0.1, -0.05) is 0 Å². The molecule has 1 fully saturated rings. The van der Waals surface area contributed by atoms with Crippen molar-refractivity contribution >= 4 is 0 Å². The standard InChI is InChI=1S/C10H19F3N2O/c1-9(16)3-2-4-15(7-9)6-8(5-14)10(11,12)13/h8,16H,2-7,14H2,1H3. The first-order chi connectivity index (χ1) is 7.24. The highest BCUT2D eigenvalue weighted by molar-refractivity contribution is 4.85. The largest absolute Gasteiger partial charge is 0.394 e. The number of halogens is 3. The van der Waals surface area contributed by atoms with Gasteiger partial charge >= 0.3 is 6.18 Å². The average molecular weight is 240 g/mol. The third-order valence-electron chi connectivity index (χ3n) is 2.98. The van der Waals surface area contributed by atoms with Crippen molar-refractivity contribution < 1.29 is 18.3 Å². The summed E-state index contributed by atoms with van der Waals surface area (Å²) in [5.41, 5.74) is 4.26. The van der Waals surface area contributed by atoms with Crippen LogP contribution in [0, 0.1) is 5.92 Å². The SMILES string of the molecule is CC1(O)CCCN(CC(CN)C(F)(F)F)C1. The van der Waals surface area contributed by atoms with E-state index >= 15 is 0 Å². The van der Waals surface area contributed by atoms with Crippen LogP contribution in [0.3, 0.4) is 0 Å². The number of nitrogens with two attached hydrogens (primary N) is 1. The Morgan fingerprint density at radius 2 is 2.12 bits per heavy atom. The predicted molar refractivity (Wildman–Crippen MR) is 54.9 cm³/mol. The summed E-state index contributed by atoms with van der Waals surface area (Å²) >= 11 is 0. The van der Waals surface area contributed by atoms with Crippen molar-refractivity contribution in [1.29, 1.82) is 0 Å². The third-order valence-corrected chi connectivity index (χ3v) is 2.98. The summed E-state index contributed by atoms with van der Waals surface area (Å²) in [5.74, 6) is -1.50. The van der Waals surface area contributed by atoms with Gasteiger partial charge in [0.25, 0.3) is 0 Å². The Balaban J connectivity index is 2.52. The number of β-amino-alcohol motifs (C(OH)–C–C–N with tert-alkyl or cyclic N) is 1. The first-order valence-electron chi connectivity index (χ1n) is 5.46. The number of alkyl halides is 3. The molecule has 0 radical (unpaired) electrons. The highest BCUT2D eigenvalue weighted by Gasteiger charge is 2.40. The molecular formula is C10H19F3N2O. The molecule has 1 heterocycles. The van der Waals surface area contributed by atoms with Crippen LogP contribution in [0.15, 0.2) is 0 Å². The monoisotopic (exact) mass is 240 g/mol. The van der Waals surface area contributed by atoms with Crippen LogP contribution in [-0.4, -0.2) is 48.0 Å². The molecule has 0 spiro atoms. The molecule has 1 aliphatic rings. The van der Waals surface area contributed by atoms with E-state index in [0.717, 1.165) is 6.42 Å². The quantitative estimate of drug-likeness (QED) is 0.773. The summed E-state index contributed by atoms with van der Waals surface area (Å²) in [4.78, 5) is 1.65. The molecule has 0 aromatic rings. The molecule has 16 heavy (non-hydrogen) atoms. The van der Waals surface area contributed by atoms with Crippen LogP contribution in [0.1, 0.15) is 19.8 Å². The van der Waals surface area contributed by atoms with Gasteiger partial charge in [0.05, 0.1) is 11.5 Å². The number of aliphatic hydroxyl groups is 1. The second-order valence-corrected chi connectivity index (χ2v) is 4.81. The fourth-order valence-electron chi connectivity index (χ4n) is 2.10. The van der Waals surface area contributed by atoms with E-state index in [4.69, 9.17) is 5.73 Å². The minimum Gasteiger partial charge on any atom is -0.389 e. The second-order valence-electron chi connectivity index (χ2n) is 4.81. The van der Waals surface area contributed by atoms with Crippen molar-refractivity contribution in [2.24, 2.45) is 11.7 Å². The lowest BCUT2D eigenvalue weighted by atomic mass is 9.94. The summed E-state index contributed by atoms with van der Waals surface area (Å²) < 4.78 is 37.5. The molecule has 1 saturated heterocycles. The van der Waals surface area contributed by atoms with E-state index in [1.54, 1.807) is 11.8 Å². The van der Waals surface area contributed by atoms with Crippen molar-refractivity contribution in [3.8, 4) is 0 Å². The van der Waals surface area contributed by atoms with Crippen LogP contribution in [-0.2, 0) is 0 Å². The summed E-state index contributed by atoms with van der Waals surface area (Å²) in [5, 5.41) is 9.78. The maximum absolute atomic E-state index is 12.5. The third kappa shape index (κ3) is 3.92. The van der Waals surface area contributed by atoms with E-state index in [-0.39, 0.29) is 6.54 Å². The van der Waals surface area contributed by atoms with Gasteiger partial charge in [-0.15, -0.1) is 0 Å². The molecule has 1 aliphatic heterocycles. The van der Waals surface area contributed by atoms with E-state index in [2.05, 4.69) is 0 Å². The van der Waals surface area contributed by atoms with Gasteiger partial charge in [0.1, 0.15) is 0 Å². The Bertz CT molecular complexity index is 231. The van der Waals surface area contributed by atoms with Gasteiger partial charge in [-0.3, -0.25) is 4.90 Å². The molecule has 0 aromatic heterocycles. The second kappa shape index (κ2) is 4.89. The first kappa shape index (κ1) is 13.7. The van der Waals surface area contributed by atoms with Crippen molar-refractivity contribution in [3.63, 3.8) is 0 Å². The smallest absolute Gasteiger partial charge is 0.389 e. The molecule has 0 aromatic carbocycles. The highest BCUT2D eigenvalue weighted by Crippen LogP contribution is 2.28. The number of piperidine rings is 1. The first-order valence-corrected chi connectivity index (χ1v) is 5.46. The van der Waals surface area contributed by atoms with Gasteiger partial charge in [-0.2, -0.15) is 13.2 Å². The van der Waals surface area contributed by atoms with Crippen molar-refractivity contribution in [1.82, 2.24) is 4.90 Å². The summed E-state index contributed by atoms with van der Waals surface area (Å²) in [7, 11) is 0. The number of hydrogen-bond acceptors (Lipinski definition) is 3. The number of likely N-dealkylation sites (tertiary alicyclic amines) is 1. The molecule has 3 N–H and O–H groups in total. The molecule has 96 valence electrons. The maximum atomic E-state index is 12.5. The van der Waals surface area contributed by atoms with E-state index in [0.29, 0.717) is 19.5 Å². The van der Waals surface area contributed by atoms with E-state index < -0.39 is 24.2 Å². The maximum Gasteiger partial charge on any atom is 0.394 e. The minimum absolute atomic E-state index is 0.115. The lowest BCUT2D eigenvalue weighted by Crippen LogP contribution is -2.50. The number of hydrogen-bond donors (Lipinski definition) is 2. The molecule has 3 nitrogen and oxygen atoms in total. The van der Waals surface area contributed by atoms with E-state index in [1.807, 2.05) is 0 Å². The predicted octanol–water partition coefficient (Wildman–Crippen LogP) is 0.970. The Labute approximate surface area is 93.4 Å². The van der Waals surface area contributed by atoms with Gasteiger partial charge in [-0.05, 0) is 26.3 Å². The Morgan fingerprint density at radius 1 is 1.50 bits per heavy atom. The van der Waals surface area contributed by atoms with Crippen LogP contribution in [0.25, 0.3) is 0 Å². The van der Waals surface area contributed by atoms with Crippen LogP contribution >= 0.6 is 0 Å². The topological polar surface area (TPSA) is 49.5 Å². The van der Waals surface area contributed by atoms with E-state index in [9.17, 15) is 18.3 Å². The molecule has 1 rings (SSSR count). The van der Waals surface area contributed by atoms with Crippen molar-refractivity contribution in [3.05, 3.63) is 0 Å². The lowest BCUT2D eigenvalue weighted by Gasteiger charge is -2.38. The van der Waals surface area contributed by atoms with Gasteiger partial charge in [0.2, 0.25) is 0 Å². The fraction of sp³-hybridized carbons (Fsp3) is 1.00. The van der Waals surface area contributed by atoms with Crippen molar-refractivity contribution in [2.75, 3.05) is 26.2 Å². The normalized spacial score (nSPS) is 30.4. The van der Waals surface area contributed by atoms with Crippen molar-refractivity contribution in [2.45, 2.75) is 31.5 Å². The molecule has 2 unspecified atom stereocenters. The van der Waals surface area contributed by atoms with Gasteiger partial charge in [0, 0.05) is 19.6 Å². The molecule has 0 bridgehead atoms. The molecular weight excluding hydrogens is 221 g/mol. The molecule has 6 heteroatoms. The zero-order valence-corrected chi connectivity index (χ0v) is 9.43. The zero-order chi connectivity index (χ0) is 12.4. The van der Waals surface area contributed by atoms with Crippen LogP contribution in [0.4, 0.5) is 13.2 Å². The van der Waals surface area contributed by atoms with Crippen LogP contribution in [0.5, 0.6) is 0 Å². The number of rotatable bonds is 3. The summed E-state index contributed by atoms with van der Waals surface area (Å²) in [6.45, 7) is 2.03. The molecule has 0 saturated carbocycles. The van der Waals surface area contributed by atoms with Gasteiger partial charge in [0.15, 0.2) is 0 Å². The average Bonchev–Trinajstić information content (AvgIpc) is 2.10. The molecule has 0 amide bonds. The van der Waals surface area contributed by atoms with Crippen LogP contribution in [0.2, 0.25) is 0 Å². The minimum atomic E-state index is -4.25. The van der Waals surface area contributed by atoms with Crippen LogP contribution < -0.4 is 5.73 Å². The Morgan fingerprint density at radius 3 is 2.56 bits per heavy atom. The Hall–Kier alpha value is -0.330. The fourth-order valence-corrected chi connectivity index (χ4v) is 2.10. The Kier molecular flexibility index (Phi) is 4.20. The van der Waals surface area contributed by atoms with Gasteiger partial charge < -0.3 is 10.8 Å². The molecule has 2 atom stereocenters. The highest BCUT2D eigenvalue weighted by atomic mass is 19.4. The summed E-state index contributed by atoms with van der Waals surface area (Å²) in [6.07, 6.45) is -2.89.